The number of nitrogens with two attached hydrogens (primary N) is 1. The summed E-state index contributed by atoms with van der Waals surface area (Å²) in [5.41, 5.74) is 2.73. The molecule has 4 heteroatoms. The molecular weight excluding hydrogens is 294 g/mol. The lowest BCUT2D eigenvalue weighted by molar-refractivity contribution is -0.711. The monoisotopic (exact) mass is 316 g/mol. The number of methoxy groups -OCH3 is 2. The standard InChI is InChI=1S/C18H21NO2S/c1-20-16-8-7-13(11-17(16)21-2)12-19-15-9-10-22-18-6-4-3-5-14(15)18/h3-8,11,15,19H,9-10,12H2,1-2H3/p+1/t15-/m0/s1. The van der Waals surface area contributed by atoms with E-state index in [1.165, 1.54) is 28.2 Å². The van der Waals surface area contributed by atoms with Crippen molar-refractivity contribution < 1.29 is 14.8 Å². The average Bonchev–Trinajstić information content (AvgIpc) is 2.59. The Balaban J connectivity index is 1.71. The summed E-state index contributed by atoms with van der Waals surface area (Å²) >= 11 is 1.97. The van der Waals surface area contributed by atoms with Gasteiger partial charge in [-0.15, -0.1) is 11.8 Å². The van der Waals surface area contributed by atoms with E-state index in [1.54, 1.807) is 14.2 Å². The average molecular weight is 316 g/mol. The summed E-state index contributed by atoms with van der Waals surface area (Å²) in [6.07, 6.45) is 1.22. The topological polar surface area (TPSA) is 35.1 Å². The van der Waals surface area contributed by atoms with Crippen molar-refractivity contribution in [3.05, 3.63) is 53.6 Å². The molecule has 0 aliphatic carbocycles. The van der Waals surface area contributed by atoms with Gasteiger partial charge in [0.2, 0.25) is 0 Å². The smallest absolute Gasteiger partial charge is 0.161 e. The Morgan fingerprint density at radius 1 is 1.09 bits per heavy atom. The van der Waals surface area contributed by atoms with Crippen LogP contribution in [0.3, 0.4) is 0 Å². The molecule has 3 nitrogen and oxygen atoms in total. The molecule has 22 heavy (non-hydrogen) atoms. The highest BCUT2D eigenvalue weighted by Crippen LogP contribution is 2.34. The molecule has 0 unspecified atom stereocenters. The van der Waals surface area contributed by atoms with E-state index in [-0.39, 0.29) is 0 Å². The zero-order chi connectivity index (χ0) is 15.4. The van der Waals surface area contributed by atoms with Gasteiger partial charge in [-0.25, -0.2) is 0 Å². The molecule has 1 aliphatic heterocycles. The Kier molecular flexibility index (Phi) is 4.90. The second-order valence-corrected chi connectivity index (χ2v) is 6.55. The molecule has 2 N–H and O–H groups in total. The van der Waals surface area contributed by atoms with Gasteiger partial charge in [-0.2, -0.15) is 0 Å². The largest absolute Gasteiger partial charge is 0.493 e. The number of quaternary nitrogens is 1. The van der Waals surface area contributed by atoms with Gasteiger partial charge >= 0.3 is 0 Å². The van der Waals surface area contributed by atoms with Gasteiger partial charge in [0.15, 0.2) is 11.5 Å². The number of benzene rings is 2. The third-order valence-corrected chi connectivity index (χ3v) is 5.21. The van der Waals surface area contributed by atoms with E-state index in [4.69, 9.17) is 9.47 Å². The van der Waals surface area contributed by atoms with Crippen molar-refractivity contribution in [2.24, 2.45) is 0 Å². The van der Waals surface area contributed by atoms with Gasteiger partial charge in [-0.3, -0.25) is 0 Å². The van der Waals surface area contributed by atoms with E-state index >= 15 is 0 Å². The maximum absolute atomic E-state index is 5.38. The quantitative estimate of drug-likeness (QED) is 0.921. The van der Waals surface area contributed by atoms with Crippen LogP contribution in [-0.2, 0) is 6.54 Å². The first kappa shape index (κ1) is 15.3. The number of hydrogen-bond donors (Lipinski definition) is 1. The minimum Gasteiger partial charge on any atom is -0.493 e. The number of thioether (sulfide) groups is 1. The van der Waals surface area contributed by atoms with Gasteiger partial charge in [0, 0.05) is 28.2 Å². The highest BCUT2D eigenvalue weighted by molar-refractivity contribution is 7.99. The Labute approximate surface area is 136 Å². The Bertz CT molecular complexity index is 645. The van der Waals surface area contributed by atoms with Crippen LogP contribution in [0.15, 0.2) is 47.4 Å². The lowest BCUT2D eigenvalue weighted by Gasteiger charge is -2.23. The highest BCUT2D eigenvalue weighted by Gasteiger charge is 2.22. The lowest BCUT2D eigenvalue weighted by Crippen LogP contribution is -2.84. The van der Waals surface area contributed by atoms with E-state index in [1.807, 2.05) is 17.8 Å². The van der Waals surface area contributed by atoms with Crippen LogP contribution in [0.4, 0.5) is 0 Å². The highest BCUT2D eigenvalue weighted by atomic mass is 32.2. The number of fused-ring (bicyclic) bond motifs is 1. The molecule has 0 amide bonds. The first-order valence-electron chi connectivity index (χ1n) is 7.57. The normalized spacial score (nSPS) is 16.9. The number of hydrogen-bond acceptors (Lipinski definition) is 3. The van der Waals surface area contributed by atoms with E-state index in [0.717, 1.165) is 18.0 Å². The second kappa shape index (κ2) is 7.07. The van der Waals surface area contributed by atoms with Crippen molar-refractivity contribution in [1.29, 1.82) is 0 Å². The van der Waals surface area contributed by atoms with E-state index in [9.17, 15) is 0 Å². The summed E-state index contributed by atoms with van der Waals surface area (Å²) in [5.74, 6) is 2.78. The number of ether oxygens (including phenoxy) is 2. The molecule has 2 aromatic carbocycles. The fraction of sp³-hybridized carbons (Fsp3) is 0.333. The molecule has 0 radical (unpaired) electrons. The summed E-state index contributed by atoms with van der Waals surface area (Å²) in [5, 5.41) is 2.43. The molecule has 0 saturated heterocycles. The molecular formula is C18H22NO2S+. The third-order valence-electron chi connectivity index (χ3n) is 4.09. The molecule has 1 aliphatic rings. The van der Waals surface area contributed by atoms with Crippen LogP contribution in [0.2, 0.25) is 0 Å². The maximum Gasteiger partial charge on any atom is 0.161 e. The predicted molar refractivity (Wildman–Crippen MR) is 89.7 cm³/mol. The predicted octanol–water partition coefficient (Wildman–Crippen LogP) is 3.00. The van der Waals surface area contributed by atoms with Crippen molar-refractivity contribution in [3.63, 3.8) is 0 Å². The Morgan fingerprint density at radius 3 is 2.73 bits per heavy atom. The third kappa shape index (κ3) is 3.23. The molecule has 1 heterocycles. The molecule has 3 rings (SSSR count). The summed E-state index contributed by atoms with van der Waals surface area (Å²) in [6, 6.07) is 15.5. The van der Waals surface area contributed by atoms with Crippen LogP contribution in [0, 0.1) is 0 Å². The van der Waals surface area contributed by atoms with Crippen molar-refractivity contribution in [2.45, 2.75) is 23.9 Å². The molecule has 0 saturated carbocycles. The Hall–Kier alpha value is -1.65. The van der Waals surface area contributed by atoms with Crippen LogP contribution in [-0.4, -0.2) is 20.0 Å². The van der Waals surface area contributed by atoms with Crippen LogP contribution in [0.1, 0.15) is 23.6 Å². The summed E-state index contributed by atoms with van der Waals surface area (Å²) < 4.78 is 10.7. The number of rotatable bonds is 5. The summed E-state index contributed by atoms with van der Waals surface area (Å²) in [7, 11) is 3.35. The second-order valence-electron chi connectivity index (χ2n) is 5.41. The molecule has 0 fully saturated rings. The minimum atomic E-state index is 0.547. The van der Waals surface area contributed by atoms with E-state index < -0.39 is 0 Å². The van der Waals surface area contributed by atoms with Gasteiger partial charge in [0.05, 0.1) is 14.2 Å². The van der Waals surface area contributed by atoms with Gasteiger partial charge in [-0.05, 0) is 24.3 Å². The van der Waals surface area contributed by atoms with Gasteiger partial charge < -0.3 is 14.8 Å². The van der Waals surface area contributed by atoms with Gasteiger partial charge in [0.25, 0.3) is 0 Å². The molecule has 0 bridgehead atoms. The zero-order valence-corrected chi connectivity index (χ0v) is 13.9. The molecule has 116 valence electrons. The van der Waals surface area contributed by atoms with Gasteiger partial charge in [-0.1, -0.05) is 18.2 Å². The fourth-order valence-electron chi connectivity index (χ4n) is 2.90. The van der Waals surface area contributed by atoms with Crippen LogP contribution < -0.4 is 14.8 Å². The van der Waals surface area contributed by atoms with Crippen molar-refractivity contribution >= 4 is 11.8 Å². The molecule has 2 aromatic rings. The van der Waals surface area contributed by atoms with Crippen molar-refractivity contribution in [1.82, 2.24) is 0 Å². The van der Waals surface area contributed by atoms with Crippen LogP contribution in [0.25, 0.3) is 0 Å². The van der Waals surface area contributed by atoms with E-state index in [2.05, 4.69) is 41.7 Å². The minimum absolute atomic E-state index is 0.547. The van der Waals surface area contributed by atoms with Crippen LogP contribution >= 0.6 is 11.8 Å². The molecule has 0 spiro atoms. The SMILES string of the molecule is COc1ccc(C[NH2+][C@H]2CCSc3ccccc32)cc1OC. The lowest BCUT2D eigenvalue weighted by atomic mass is 10.0. The van der Waals surface area contributed by atoms with Crippen molar-refractivity contribution in [2.75, 3.05) is 20.0 Å². The maximum atomic E-state index is 5.38. The van der Waals surface area contributed by atoms with Gasteiger partial charge in [0.1, 0.15) is 12.6 Å². The first-order chi connectivity index (χ1) is 10.8. The first-order valence-corrected chi connectivity index (χ1v) is 8.56. The Morgan fingerprint density at radius 2 is 1.91 bits per heavy atom. The van der Waals surface area contributed by atoms with Crippen molar-refractivity contribution in [3.8, 4) is 11.5 Å². The summed E-state index contributed by atoms with van der Waals surface area (Å²) in [6.45, 7) is 0.948. The summed E-state index contributed by atoms with van der Waals surface area (Å²) in [4.78, 5) is 1.43. The molecule has 1 atom stereocenters. The molecule has 0 aromatic heterocycles. The van der Waals surface area contributed by atoms with Crippen LogP contribution in [0.5, 0.6) is 11.5 Å². The fourth-order valence-corrected chi connectivity index (χ4v) is 4.05. The zero-order valence-electron chi connectivity index (χ0n) is 13.0. The van der Waals surface area contributed by atoms with E-state index in [0.29, 0.717) is 6.04 Å².